The maximum absolute atomic E-state index is 13.4. The summed E-state index contributed by atoms with van der Waals surface area (Å²) in [5.41, 5.74) is 2.85. The normalized spacial score (nSPS) is 16.4. The van der Waals surface area contributed by atoms with Gasteiger partial charge in [0.1, 0.15) is 5.78 Å². The first kappa shape index (κ1) is 29.2. The van der Waals surface area contributed by atoms with Gasteiger partial charge in [0.05, 0.1) is 21.1 Å². The summed E-state index contributed by atoms with van der Waals surface area (Å²) in [6.45, 7) is 14.6. The van der Waals surface area contributed by atoms with Crippen molar-refractivity contribution in [2.75, 3.05) is 19.6 Å². The number of Topliss-reactive ketones (excluding diaryl/α,β-unsaturated/α-hetero) is 2. The monoisotopic (exact) mass is 525 g/mol. The number of fused-ring (bicyclic) bond motifs is 1. The fourth-order valence-electron chi connectivity index (χ4n) is 4.99. The van der Waals surface area contributed by atoms with Crippen molar-refractivity contribution in [3.63, 3.8) is 0 Å². The van der Waals surface area contributed by atoms with Crippen molar-refractivity contribution in [2.24, 2.45) is 11.8 Å². The van der Waals surface area contributed by atoms with Crippen LogP contribution in [0, 0.1) is 11.8 Å². The number of carbonyl (C=O) groups excluding carboxylic acids is 3. The highest BCUT2D eigenvalue weighted by Gasteiger charge is 2.27. The zero-order valence-electron chi connectivity index (χ0n) is 23.0. The van der Waals surface area contributed by atoms with E-state index in [0.29, 0.717) is 31.4 Å². The number of carbonyl (C=O) groups is 3. The van der Waals surface area contributed by atoms with Gasteiger partial charge in [0.15, 0.2) is 5.78 Å². The van der Waals surface area contributed by atoms with E-state index in [1.54, 1.807) is 11.3 Å². The lowest BCUT2D eigenvalue weighted by Gasteiger charge is -2.27. The molecule has 3 atom stereocenters. The molecule has 0 radical (unpaired) electrons. The molecular formula is C30H43N3O3S. The van der Waals surface area contributed by atoms with Gasteiger partial charge in [-0.25, -0.2) is 4.98 Å². The fraction of sp³-hybridized carbons (Fsp3) is 0.600. The lowest BCUT2D eigenvalue weighted by molar-refractivity contribution is -0.129. The Balaban J connectivity index is 1.65. The van der Waals surface area contributed by atoms with E-state index >= 15 is 0 Å². The van der Waals surface area contributed by atoms with Crippen molar-refractivity contribution in [3.05, 3.63) is 40.9 Å². The summed E-state index contributed by atoms with van der Waals surface area (Å²) in [5.74, 6) is -0.316. The van der Waals surface area contributed by atoms with Crippen LogP contribution in [-0.2, 0) is 27.2 Å². The van der Waals surface area contributed by atoms with Gasteiger partial charge in [0.2, 0.25) is 5.91 Å². The van der Waals surface area contributed by atoms with Gasteiger partial charge in [0, 0.05) is 37.4 Å². The number of hydrogen-bond donors (Lipinski definition) is 1. The quantitative estimate of drug-likeness (QED) is 0.309. The Morgan fingerprint density at radius 2 is 1.92 bits per heavy atom. The van der Waals surface area contributed by atoms with E-state index in [-0.39, 0.29) is 35.9 Å². The van der Waals surface area contributed by atoms with Gasteiger partial charge in [-0.15, -0.1) is 11.3 Å². The molecule has 1 aromatic carbocycles. The molecule has 6 nitrogen and oxygen atoms in total. The van der Waals surface area contributed by atoms with E-state index < -0.39 is 5.92 Å². The van der Waals surface area contributed by atoms with Crippen LogP contribution in [0.25, 0.3) is 10.2 Å². The number of aryl methyl sites for hydroxylation is 1. The zero-order chi connectivity index (χ0) is 26.9. The average Bonchev–Trinajstić information content (AvgIpc) is 3.53. The molecule has 3 rings (SSSR count). The van der Waals surface area contributed by atoms with E-state index in [4.69, 9.17) is 4.98 Å². The van der Waals surface area contributed by atoms with Crippen LogP contribution in [0.2, 0.25) is 0 Å². The molecule has 202 valence electrons. The molecule has 0 saturated carbocycles. The Labute approximate surface area is 225 Å². The summed E-state index contributed by atoms with van der Waals surface area (Å²) in [5, 5.41) is 4.08. The second kappa shape index (κ2) is 14.0. The van der Waals surface area contributed by atoms with Gasteiger partial charge in [-0.3, -0.25) is 14.5 Å². The van der Waals surface area contributed by atoms with Gasteiger partial charge in [-0.05, 0) is 69.3 Å². The van der Waals surface area contributed by atoms with Crippen molar-refractivity contribution in [1.82, 2.24) is 15.2 Å². The molecular weight excluding hydrogens is 482 g/mol. The van der Waals surface area contributed by atoms with E-state index in [0.717, 1.165) is 41.2 Å². The lowest BCUT2D eigenvalue weighted by atomic mass is 9.91. The fourth-order valence-corrected chi connectivity index (χ4v) is 6.10. The predicted molar refractivity (Wildman–Crippen MR) is 152 cm³/mol. The molecule has 2 aromatic rings. The Kier molecular flexibility index (Phi) is 11.0. The average molecular weight is 526 g/mol. The topological polar surface area (TPSA) is 79.4 Å². The molecule has 1 N–H and O–H groups in total. The first-order chi connectivity index (χ1) is 17.7. The van der Waals surface area contributed by atoms with Gasteiger partial charge in [0.25, 0.3) is 0 Å². The minimum absolute atomic E-state index is 0.0111. The van der Waals surface area contributed by atoms with Crippen LogP contribution in [0.15, 0.2) is 30.4 Å². The van der Waals surface area contributed by atoms with Gasteiger partial charge >= 0.3 is 0 Å². The summed E-state index contributed by atoms with van der Waals surface area (Å²) in [4.78, 5) is 45.3. The molecule has 0 unspecified atom stereocenters. The number of ketones is 2. The minimum Gasteiger partial charge on any atom is -0.353 e. The third-order valence-corrected chi connectivity index (χ3v) is 8.62. The Morgan fingerprint density at radius 1 is 1.19 bits per heavy atom. The highest BCUT2D eigenvalue weighted by atomic mass is 32.1. The van der Waals surface area contributed by atoms with E-state index in [1.165, 1.54) is 25.3 Å². The smallest absolute Gasteiger partial charge is 0.224 e. The molecule has 1 fully saturated rings. The van der Waals surface area contributed by atoms with E-state index in [9.17, 15) is 14.4 Å². The minimum atomic E-state index is -0.476. The number of likely N-dealkylation sites (tertiary alicyclic amines) is 1. The molecule has 1 aromatic heterocycles. The standard InChI is InChI=1S/C30H43N3O3S/c1-6-20(3)25(12-13-27(35)21(4)19-33-14-8-9-15-33)32-30(36)24(16-22(5)34)18-29-31-26-11-10-23(7-2)17-28(26)37-29/h10-11,17,20,24-25H,4,6-9,12-16,18-19H2,1-3,5H3,(H,32,36)/t20-,24-,25+/m0/s1. The number of amides is 1. The van der Waals surface area contributed by atoms with Crippen molar-refractivity contribution >= 4 is 39.0 Å². The van der Waals surface area contributed by atoms with Crippen LogP contribution < -0.4 is 5.32 Å². The van der Waals surface area contributed by atoms with Crippen LogP contribution >= 0.6 is 11.3 Å². The van der Waals surface area contributed by atoms with Crippen molar-refractivity contribution in [2.45, 2.75) is 85.1 Å². The summed E-state index contributed by atoms with van der Waals surface area (Å²) in [6, 6.07) is 6.15. The third-order valence-electron chi connectivity index (χ3n) is 7.58. The van der Waals surface area contributed by atoms with Crippen molar-refractivity contribution in [3.8, 4) is 0 Å². The number of thiazole rings is 1. The highest BCUT2D eigenvalue weighted by Crippen LogP contribution is 2.27. The molecule has 7 heteroatoms. The molecule has 37 heavy (non-hydrogen) atoms. The van der Waals surface area contributed by atoms with Gasteiger partial charge in [-0.1, -0.05) is 39.8 Å². The summed E-state index contributed by atoms with van der Waals surface area (Å²) in [7, 11) is 0. The SMILES string of the molecule is C=C(CN1CCCC1)C(=O)CC[C@@H](NC(=O)[C@@H](CC(C)=O)Cc1nc2ccc(CC)cc2s1)[C@@H](C)CC. The summed E-state index contributed by atoms with van der Waals surface area (Å²) >= 11 is 1.60. The number of benzene rings is 1. The van der Waals surface area contributed by atoms with Crippen molar-refractivity contribution < 1.29 is 14.4 Å². The van der Waals surface area contributed by atoms with Crippen LogP contribution in [-0.4, -0.2) is 53.0 Å². The second-order valence-electron chi connectivity index (χ2n) is 10.6. The molecule has 1 saturated heterocycles. The Hall–Kier alpha value is -2.38. The van der Waals surface area contributed by atoms with E-state index in [1.807, 2.05) is 6.07 Å². The molecule has 1 amide bonds. The summed E-state index contributed by atoms with van der Waals surface area (Å²) < 4.78 is 1.11. The third kappa shape index (κ3) is 8.57. The molecule has 0 spiro atoms. The van der Waals surface area contributed by atoms with Crippen LogP contribution in [0.3, 0.4) is 0 Å². The lowest BCUT2D eigenvalue weighted by Crippen LogP contribution is -2.43. The first-order valence-corrected chi connectivity index (χ1v) is 14.6. The van der Waals surface area contributed by atoms with Crippen LogP contribution in [0.1, 0.15) is 76.8 Å². The number of rotatable bonds is 15. The van der Waals surface area contributed by atoms with Gasteiger partial charge < -0.3 is 10.1 Å². The largest absolute Gasteiger partial charge is 0.353 e. The molecule has 0 aliphatic carbocycles. The van der Waals surface area contributed by atoms with E-state index in [2.05, 4.69) is 49.7 Å². The number of nitrogens with zero attached hydrogens (tertiary/aromatic N) is 2. The van der Waals surface area contributed by atoms with Gasteiger partial charge in [-0.2, -0.15) is 0 Å². The Morgan fingerprint density at radius 3 is 2.57 bits per heavy atom. The maximum atomic E-state index is 13.4. The Bertz CT molecular complexity index is 1100. The maximum Gasteiger partial charge on any atom is 0.224 e. The summed E-state index contributed by atoms with van der Waals surface area (Å²) in [6.07, 6.45) is 5.78. The number of aromatic nitrogens is 1. The van der Waals surface area contributed by atoms with Crippen LogP contribution in [0.4, 0.5) is 0 Å². The van der Waals surface area contributed by atoms with Crippen molar-refractivity contribution in [1.29, 1.82) is 0 Å². The number of nitrogens with one attached hydrogen (secondary N) is 1. The molecule has 0 bridgehead atoms. The second-order valence-corrected chi connectivity index (χ2v) is 11.7. The predicted octanol–water partition coefficient (Wildman–Crippen LogP) is 5.53. The highest BCUT2D eigenvalue weighted by molar-refractivity contribution is 7.18. The number of hydrogen-bond acceptors (Lipinski definition) is 6. The van der Waals surface area contributed by atoms with Crippen LogP contribution in [0.5, 0.6) is 0 Å². The zero-order valence-corrected chi connectivity index (χ0v) is 23.8. The first-order valence-electron chi connectivity index (χ1n) is 13.8. The molecule has 1 aliphatic rings. The molecule has 1 aliphatic heterocycles. The molecule has 2 heterocycles.